The van der Waals surface area contributed by atoms with Crippen LogP contribution >= 0.6 is 0 Å². The minimum atomic E-state index is -0.400. The van der Waals surface area contributed by atoms with Gasteiger partial charge in [-0.25, -0.2) is 0 Å². The van der Waals surface area contributed by atoms with Crippen molar-refractivity contribution in [2.75, 3.05) is 0 Å². The third kappa shape index (κ3) is 1.53. The maximum absolute atomic E-state index is 12.6. The fourth-order valence-corrected chi connectivity index (χ4v) is 1.36. The summed E-state index contributed by atoms with van der Waals surface area (Å²) < 4.78 is 25.5. The van der Waals surface area contributed by atoms with Crippen LogP contribution < -0.4 is 3.12 Å². The first-order chi connectivity index (χ1) is 4.61. The SMILES string of the molecule is Cc1cc(F)[c]([Tl])c(F)c1. The predicted octanol–water partition coefficient (Wildman–Crippen LogP) is 1.07. The molecule has 1 rings (SSSR count). The Morgan fingerprint density at radius 1 is 1.20 bits per heavy atom. The molecule has 0 radical (unpaired) electrons. The quantitative estimate of drug-likeness (QED) is 0.624. The molecule has 0 unspecified atom stereocenters. The summed E-state index contributed by atoms with van der Waals surface area (Å²) in [6.45, 7) is 1.68. The molecule has 0 saturated heterocycles. The van der Waals surface area contributed by atoms with Gasteiger partial charge in [-0.1, -0.05) is 0 Å². The summed E-state index contributed by atoms with van der Waals surface area (Å²) in [5.74, 6) is -0.801. The van der Waals surface area contributed by atoms with Crippen LogP contribution in [0.4, 0.5) is 8.78 Å². The molecule has 0 aliphatic rings. The fourth-order valence-electron chi connectivity index (χ4n) is 0.711. The van der Waals surface area contributed by atoms with E-state index in [0.29, 0.717) is 5.56 Å². The van der Waals surface area contributed by atoms with Crippen LogP contribution in [0.2, 0.25) is 0 Å². The third-order valence-corrected chi connectivity index (χ3v) is 3.37. The van der Waals surface area contributed by atoms with Crippen molar-refractivity contribution in [3.8, 4) is 0 Å². The van der Waals surface area contributed by atoms with Gasteiger partial charge in [0.05, 0.1) is 0 Å². The minimum absolute atomic E-state index is 0.227. The molecule has 50 valence electrons. The first-order valence-corrected chi connectivity index (χ1v) is 5.07. The van der Waals surface area contributed by atoms with Crippen molar-refractivity contribution in [3.63, 3.8) is 0 Å². The zero-order valence-electron chi connectivity index (χ0n) is 5.49. The molecule has 0 aliphatic carbocycles. The summed E-state index contributed by atoms with van der Waals surface area (Å²) in [4.78, 5) is 0. The Hall–Kier alpha value is 0.00208. The second-order valence-electron chi connectivity index (χ2n) is 2.14. The molecule has 0 nitrogen and oxygen atoms in total. The molecule has 0 fully saturated rings. The van der Waals surface area contributed by atoms with Crippen molar-refractivity contribution in [1.82, 2.24) is 0 Å². The second kappa shape index (κ2) is 2.94. The van der Waals surface area contributed by atoms with Crippen molar-refractivity contribution in [3.05, 3.63) is 29.3 Å². The van der Waals surface area contributed by atoms with E-state index in [1.165, 1.54) is 12.1 Å². The molecule has 0 atom stereocenters. The van der Waals surface area contributed by atoms with Gasteiger partial charge in [0.1, 0.15) is 0 Å². The molecule has 0 bridgehead atoms. The summed E-state index contributed by atoms with van der Waals surface area (Å²) in [5, 5.41) is 0. The van der Waals surface area contributed by atoms with Gasteiger partial charge < -0.3 is 0 Å². The normalized spacial score (nSPS) is 9.80. The molecule has 1 aromatic rings. The van der Waals surface area contributed by atoms with Gasteiger partial charge in [-0.3, -0.25) is 0 Å². The Kier molecular flexibility index (Phi) is 2.38. The summed E-state index contributed by atoms with van der Waals surface area (Å²) in [6.07, 6.45) is 0. The summed E-state index contributed by atoms with van der Waals surface area (Å²) in [6, 6.07) is 2.72. The number of benzene rings is 1. The van der Waals surface area contributed by atoms with E-state index in [-0.39, 0.29) is 28.9 Å². The molecule has 0 N–H and O–H groups in total. The van der Waals surface area contributed by atoms with Gasteiger partial charge in [0, 0.05) is 0 Å². The Morgan fingerprint density at radius 2 is 1.60 bits per heavy atom. The van der Waals surface area contributed by atoms with Crippen LogP contribution in [0.5, 0.6) is 0 Å². The number of hydrogen-bond donors (Lipinski definition) is 0. The van der Waals surface area contributed by atoms with Gasteiger partial charge in [-0.05, 0) is 0 Å². The summed E-state index contributed by atoms with van der Waals surface area (Å²) >= 11 is 0.227. The first kappa shape index (κ1) is 8.10. The van der Waals surface area contributed by atoms with Crippen LogP contribution in [-0.2, 0) is 0 Å². The molecule has 10 heavy (non-hydrogen) atoms. The summed E-state index contributed by atoms with van der Waals surface area (Å²) in [7, 11) is 0. The molecule has 1 aromatic carbocycles. The van der Waals surface area contributed by atoms with Crippen molar-refractivity contribution < 1.29 is 8.78 Å². The predicted molar refractivity (Wildman–Crippen MR) is 36.5 cm³/mol. The zero-order chi connectivity index (χ0) is 7.72. The van der Waals surface area contributed by atoms with Gasteiger partial charge in [0.15, 0.2) is 0 Å². The molecule has 0 heterocycles. The maximum atomic E-state index is 12.6. The van der Waals surface area contributed by atoms with Gasteiger partial charge in [-0.15, -0.1) is 0 Å². The number of halogens is 2. The Morgan fingerprint density at radius 3 is 2.00 bits per heavy atom. The molecular formula is C7H5F2Tl. The van der Waals surface area contributed by atoms with Gasteiger partial charge >= 0.3 is 73.9 Å². The Labute approximate surface area is 73.9 Å². The van der Waals surface area contributed by atoms with Crippen molar-refractivity contribution in [2.45, 2.75) is 6.92 Å². The first-order valence-electron chi connectivity index (χ1n) is 2.82. The van der Waals surface area contributed by atoms with Gasteiger partial charge in [0.2, 0.25) is 0 Å². The van der Waals surface area contributed by atoms with E-state index in [1.807, 2.05) is 0 Å². The molecule has 0 aliphatic heterocycles. The van der Waals surface area contributed by atoms with Crippen molar-refractivity contribution in [2.24, 2.45) is 0 Å². The van der Waals surface area contributed by atoms with Crippen LogP contribution in [0.15, 0.2) is 12.1 Å². The fraction of sp³-hybridized carbons (Fsp3) is 0.143. The average Bonchev–Trinajstić information content (AvgIpc) is 1.82. The van der Waals surface area contributed by atoms with E-state index in [2.05, 4.69) is 0 Å². The molecule has 0 saturated carbocycles. The Balaban J connectivity index is 3.31. The van der Waals surface area contributed by atoms with E-state index < -0.39 is 11.6 Å². The Bertz CT molecular complexity index is 235. The molecular weight excluding hydrogens is 326 g/mol. The second-order valence-corrected chi connectivity index (χ2v) is 4.39. The zero-order valence-corrected chi connectivity index (χ0v) is 9.98. The molecule has 0 amide bonds. The van der Waals surface area contributed by atoms with E-state index in [0.717, 1.165) is 0 Å². The van der Waals surface area contributed by atoms with Crippen molar-refractivity contribution in [1.29, 1.82) is 0 Å². The molecule has 0 spiro atoms. The third-order valence-electron chi connectivity index (χ3n) is 1.22. The van der Waals surface area contributed by atoms with Crippen LogP contribution in [0, 0.1) is 18.6 Å². The number of hydrogen-bond acceptors (Lipinski definition) is 0. The van der Waals surface area contributed by atoms with E-state index >= 15 is 0 Å². The van der Waals surface area contributed by atoms with E-state index in [4.69, 9.17) is 0 Å². The van der Waals surface area contributed by atoms with E-state index in [9.17, 15) is 8.78 Å². The molecule has 3 heteroatoms. The van der Waals surface area contributed by atoms with Crippen LogP contribution in [-0.4, -0.2) is 25.8 Å². The van der Waals surface area contributed by atoms with Crippen LogP contribution in [0.1, 0.15) is 5.56 Å². The average molecular weight is 331 g/mol. The monoisotopic (exact) mass is 332 g/mol. The number of aryl methyl sites for hydroxylation is 1. The molecule has 0 aromatic heterocycles. The van der Waals surface area contributed by atoms with Gasteiger partial charge in [0.25, 0.3) is 0 Å². The summed E-state index contributed by atoms with van der Waals surface area (Å²) in [5.41, 5.74) is 0.638. The van der Waals surface area contributed by atoms with E-state index in [1.54, 1.807) is 6.92 Å². The standard InChI is InChI=1S/C7H5F2.Tl/c1-5-2-6(8)4-7(9)3-5;/h2-3H,1H3;. The van der Waals surface area contributed by atoms with Crippen molar-refractivity contribution >= 4 is 28.9 Å². The van der Waals surface area contributed by atoms with Crippen LogP contribution in [0.25, 0.3) is 0 Å². The van der Waals surface area contributed by atoms with Crippen LogP contribution in [0.3, 0.4) is 0 Å². The topological polar surface area (TPSA) is 0 Å². The van der Waals surface area contributed by atoms with Gasteiger partial charge in [-0.2, -0.15) is 0 Å². The number of rotatable bonds is 0.